The standard InChI is InChI=1S/C16H18BrNO/c1-13-12-15(8-9-16(13)17)19-11-5-10-18-14-6-3-2-4-7-14/h2-4,6-9,12,18H,5,10-11H2,1H3. The van der Waals surface area contributed by atoms with Gasteiger partial charge in [0.1, 0.15) is 5.75 Å². The Morgan fingerprint density at radius 2 is 1.89 bits per heavy atom. The summed E-state index contributed by atoms with van der Waals surface area (Å²) in [6.07, 6.45) is 0.976. The van der Waals surface area contributed by atoms with Crippen molar-refractivity contribution in [3.63, 3.8) is 0 Å². The van der Waals surface area contributed by atoms with Crippen LogP contribution in [-0.2, 0) is 0 Å². The highest BCUT2D eigenvalue weighted by Gasteiger charge is 1.98. The van der Waals surface area contributed by atoms with E-state index in [2.05, 4.69) is 46.4 Å². The molecule has 19 heavy (non-hydrogen) atoms. The molecule has 2 rings (SSSR count). The zero-order valence-corrected chi connectivity index (χ0v) is 12.6. The summed E-state index contributed by atoms with van der Waals surface area (Å²) in [4.78, 5) is 0. The molecule has 3 heteroatoms. The van der Waals surface area contributed by atoms with E-state index >= 15 is 0 Å². The van der Waals surface area contributed by atoms with Crippen molar-refractivity contribution in [2.24, 2.45) is 0 Å². The second-order valence-corrected chi connectivity index (χ2v) is 5.26. The van der Waals surface area contributed by atoms with E-state index in [-0.39, 0.29) is 0 Å². The molecular formula is C16H18BrNO. The molecule has 1 N–H and O–H groups in total. The van der Waals surface area contributed by atoms with Crippen LogP contribution in [0.3, 0.4) is 0 Å². The lowest BCUT2D eigenvalue weighted by Crippen LogP contribution is -2.07. The van der Waals surface area contributed by atoms with E-state index in [9.17, 15) is 0 Å². The lowest BCUT2D eigenvalue weighted by molar-refractivity contribution is 0.315. The van der Waals surface area contributed by atoms with Gasteiger partial charge < -0.3 is 10.1 Å². The molecule has 0 aromatic heterocycles. The summed E-state index contributed by atoms with van der Waals surface area (Å²) in [5, 5.41) is 3.36. The molecule has 0 saturated heterocycles. The Bertz CT molecular complexity index is 513. The minimum absolute atomic E-state index is 0.723. The van der Waals surface area contributed by atoms with Crippen molar-refractivity contribution >= 4 is 21.6 Å². The highest BCUT2D eigenvalue weighted by Crippen LogP contribution is 2.21. The molecule has 0 amide bonds. The topological polar surface area (TPSA) is 21.3 Å². The second kappa shape index (κ2) is 7.19. The molecule has 2 aromatic carbocycles. The van der Waals surface area contributed by atoms with Gasteiger partial charge in [0.2, 0.25) is 0 Å². The minimum Gasteiger partial charge on any atom is -0.494 e. The number of halogens is 1. The van der Waals surface area contributed by atoms with Crippen molar-refractivity contribution in [3.05, 3.63) is 58.6 Å². The Kier molecular flexibility index (Phi) is 5.28. The van der Waals surface area contributed by atoms with Gasteiger partial charge in [-0.2, -0.15) is 0 Å². The smallest absolute Gasteiger partial charge is 0.119 e. The number of hydrogen-bond donors (Lipinski definition) is 1. The van der Waals surface area contributed by atoms with Gasteiger partial charge in [0.25, 0.3) is 0 Å². The van der Waals surface area contributed by atoms with Crippen LogP contribution in [0.5, 0.6) is 5.75 Å². The number of hydrogen-bond acceptors (Lipinski definition) is 2. The summed E-state index contributed by atoms with van der Waals surface area (Å²) >= 11 is 3.48. The molecule has 0 heterocycles. The molecule has 0 bridgehead atoms. The minimum atomic E-state index is 0.723. The van der Waals surface area contributed by atoms with Crippen LogP contribution >= 0.6 is 15.9 Å². The summed E-state index contributed by atoms with van der Waals surface area (Å²) in [6, 6.07) is 16.3. The van der Waals surface area contributed by atoms with Gasteiger partial charge in [-0.1, -0.05) is 34.1 Å². The molecule has 2 nitrogen and oxygen atoms in total. The van der Waals surface area contributed by atoms with Gasteiger partial charge in [-0.3, -0.25) is 0 Å². The molecule has 0 atom stereocenters. The van der Waals surface area contributed by atoms with E-state index in [1.165, 1.54) is 5.56 Å². The van der Waals surface area contributed by atoms with E-state index in [1.807, 2.05) is 30.3 Å². The molecule has 0 spiro atoms. The predicted octanol–water partition coefficient (Wildman–Crippen LogP) is 4.64. The number of rotatable bonds is 6. The molecule has 100 valence electrons. The van der Waals surface area contributed by atoms with Gasteiger partial charge in [0.15, 0.2) is 0 Å². The molecule has 2 aromatic rings. The number of ether oxygens (including phenoxy) is 1. The SMILES string of the molecule is Cc1cc(OCCCNc2ccccc2)ccc1Br. The van der Waals surface area contributed by atoms with Gasteiger partial charge in [-0.15, -0.1) is 0 Å². The Balaban J connectivity index is 1.68. The van der Waals surface area contributed by atoms with E-state index in [4.69, 9.17) is 4.74 Å². The van der Waals surface area contributed by atoms with E-state index in [1.54, 1.807) is 0 Å². The molecule has 0 saturated carbocycles. The predicted molar refractivity (Wildman–Crippen MR) is 83.9 cm³/mol. The van der Waals surface area contributed by atoms with Crippen LogP contribution in [0.15, 0.2) is 53.0 Å². The third-order valence-electron chi connectivity index (χ3n) is 2.82. The van der Waals surface area contributed by atoms with Crippen LogP contribution in [0, 0.1) is 6.92 Å². The molecule has 0 aliphatic rings. The molecular weight excluding hydrogens is 302 g/mol. The first-order valence-corrected chi connectivity index (χ1v) is 7.23. The Morgan fingerprint density at radius 3 is 2.63 bits per heavy atom. The monoisotopic (exact) mass is 319 g/mol. The van der Waals surface area contributed by atoms with Crippen molar-refractivity contribution in [1.29, 1.82) is 0 Å². The summed E-state index contributed by atoms with van der Waals surface area (Å²) in [5.74, 6) is 0.931. The van der Waals surface area contributed by atoms with Crippen molar-refractivity contribution in [2.75, 3.05) is 18.5 Å². The van der Waals surface area contributed by atoms with Crippen molar-refractivity contribution in [3.8, 4) is 5.75 Å². The van der Waals surface area contributed by atoms with Gasteiger partial charge in [-0.05, 0) is 49.2 Å². The van der Waals surface area contributed by atoms with Crippen molar-refractivity contribution in [1.82, 2.24) is 0 Å². The maximum Gasteiger partial charge on any atom is 0.119 e. The molecule has 0 aliphatic heterocycles. The van der Waals surface area contributed by atoms with Crippen LogP contribution in [0.2, 0.25) is 0 Å². The van der Waals surface area contributed by atoms with Gasteiger partial charge in [-0.25, -0.2) is 0 Å². The summed E-state index contributed by atoms with van der Waals surface area (Å²) in [7, 11) is 0. The van der Waals surface area contributed by atoms with Gasteiger partial charge >= 0.3 is 0 Å². The van der Waals surface area contributed by atoms with Crippen LogP contribution in [0.1, 0.15) is 12.0 Å². The van der Waals surface area contributed by atoms with E-state index in [0.717, 1.165) is 35.5 Å². The number of anilines is 1. The Morgan fingerprint density at radius 1 is 1.11 bits per heavy atom. The maximum atomic E-state index is 5.72. The fourth-order valence-corrected chi connectivity index (χ4v) is 2.00. The fourth-order valence-electron chi connectivity index (χ4n) is 1.76. The molecule has 0 aliphatic carbocycles. The van der Waals surface area contributed by atoms with Gasteiger partial charge in [0.05, 0.1) is 6.61 Å². The Labute approximate surface area is 122 Å². The van der Waals surface area contributed by atoms with Crippen molar-refractivity contribution < 1.29 is 4.74 Å². The molecule has 0 unspecified atom stereocenters. The average molecular weight is 320 g/mol. The number of nitrogens with one attached hydrogen (secondary N) is 1. The summed E-state index contributed by atoms with van der Waals surface area (Å²) in [5.41, 5.74) is 2.35. The van der Waals surface area contributed by atoms with Gasteiger partial charge in [0, 0.05) is 16.7 Å². The maximum absolute atomic E-state index is 5.72. The first-order valence-electron chi connectivity index (χ1n) is 6.43. The quantitative estimate of drug-likeness (QED) is 0.783. The zero-order valence-electron chi connectivity index (χ0n) is 11.0. The Hall–Kier alpha value is -1.48. The average Bonchev–Trinajstić information content (AvgIpc) is 2.43. The third kappa shape index (κ3) is 4.60. The van der Waals surface area contributed by atoms with Crippen LogP contribution < -0.4 is 10.1 Å². The lowest BCUT2D eigenvalue weighted by Gasteiger charge is -2.09. The zero-order chi connectivity index (χ0) is 13.5. The number of benzene rings is 2. The normalized spacial score (nSPS) is 10.2. The van der Waals surface area contributed by atoms with Crippen LogP contribution in [0.25, 0.3) is 0 Å². The largest absolute Gasteiger partial charge is 0.494 e. The second-order valence-electron chi connectivity index (χ2n) is 4.41. The van der Waals surface area contributed by atoms with E-state index < -0.39 is 0 Å². The van der Waals surface area contributed by atoms with Crippen LogP contribution in [0.4, 0.5) is 5.69 Å². The lowest BCUT2D eigenvalue weighted by atomic mass is 10.2. The highest BCUT2D eigenvalue weighted by molar-refractivity contribution is 9.10. The molecule has 0 fully saturated rings. The van der Waals surface area contributed by atoms with E-state index in [0.29, 0.717) is 0 Å². The third-order valence-corrected chi connectivity index (χ3v) is 3.71. The molecule has 0 radical (unpaired) electrons. The number of para-hydroxylation sites is 1. The summed E-state index contributed by atoms with van der Waals surface area (Å²) in [6.45, 7) is 3.70. The summed E-state index contributed by atoms with van der Waals surface area (Å²) < 4.78 is 6.84. The number of aryl methyl sites for hydroxylation is 1. The first-order chi connectivity index (χ1) is 9.25. The fraction of sp³-hybridized carbons (Fsp3) is 0.250. The van der Waals surface area contributed by atoms with Crippen LogP contribution in [-0.4, -0.2) is 13.2 Å². The highest BCUT2D eigenvalue weighted by atomic mass is 79.9. The van der Waals surface area contributed by atoms with Crippen molar-refractivity contribution in [2.45, 2.75) is 13.3 Å². The first kappa shape index (κ1) is 13.9.